The second kappa shape index (κ2) is 8.29. The molecule has 0 saturated heterocycles. The Balaban J connectivity index is 1.68. The number of esters is 1. The van der Waals surface area contributed by atoms with E-state index in [1.54, 1.807) is 17.4 Å². The maximum Gasteiger partial charge on any atom is 0.306 e. The number of nitrogens with zero attached hydrogens (tertiary/aromatic N) is 1. The molecule has 1 amide bonds. The Morgan fingerprint density at radius 3 is 2.95 bits per heavy atom. The molecular weight excluding hydrogens is 300 g/mol. The number of ether oxygens (including phenoxy) is 1. The molecule has 0 spiro atoms. The normalized spacial score (nSPS) is 10.4. The summed E-state index contributed by atoms with van der Waals surface area (Å²) in [6.07, 6.45) is 3.24. The van der Waals surface area contributed by atoms with E-state index in [4.69, 9.17) is 4.74 Å². The highest BCUT2D eigenvalue weighted by atomic mass is 32.1. The van der Waals surface area contributed by atoms with Crippen molar-refractivity contribution < 1.29 is 14.3 Å². The predicted octanol–water partition coefficient (Wildman–Crippen LogP) is 2.46. The molecule has 116 valence electrons. The highest BCUT2D eigenvalue weighted by Gasteiger charge is 2.08. The molecule has 5 nitrogen and oxygen atoms in total. The van der Waals surface area contributed by atoms with Gasteiger partial charge in [-0.1, -0.05) is 18.2 Å². The van der Waals surface area contributed by atoms with Gasteiger partial charge in [0.2, 0.25) is 0 Å². The van der Waals surface area contributed by atoms with Gasteiger partial charge in [0.25, 0.3) is 5.91 Å². The first-order valence-corrected chi connectivity index (χ1v) is 7.88. The zero-order chi connectivity index (χ0) is 15.8. The lowest BCUT2D eigenvalue weighted by Crippen LogP contribution is -2.28. The summed E-state index contributed by atoms with van der Waals surface area (Å²) in [5.41, 5.74) is 0.990. The molecule has 0 atom stereocenters. The lowest BCUT2D eigenvalue weighted by atomic mass is 10.2. The van der Waals surface area contributed by atoms with Crippen LogP contribution >= 0.6 is 11.3 Å². The largest absolute Gasteiger partial charge is 0.456 e. The number of aromatic nitrogens is 1. The second-order valence-corrected chi connectivity index (χ2v) is 5.80. The van der Waals surface area contributed by atoms with Crippen molar-refractivity contribution in [3.8, 4) is 0 Å². The van der Waals surface area contributed by atoms with E-state index in [0.29, 0.717) is 13.0 Å². The number of benzene rings is 1. The van der Waals surface area contributed by atoms with Crippen LogP contribution < -0.4 is 5.32 Å². The van der Waals surface area contributed by atoms with Crippen LogP contribution in [0.3, 0.4) is 0 Å². The third-order valence-corrected chi connectivity index (χ3v) is 4.01. The van der Waals surface area contributed by atoms with E-state index < -0.39 is 0 Å². The lowest BCUT2D eigenvalue weighted by molar-refractivity contribution is -0.148. The van der Waals surface area contributed by atoms with E-state index in [-0.39, 0.29) is 24.9 Å². The van der Waals surface area contributed by atoms with Gasteiger partial charge in [0, 0.05) is 13.0 Å². The van der Waals surface area contributed by atoms with Crippen LogP contribution in [0.5, 0.6) is 0 Å². The van der Waals surface area contributed by atoms with Crippen LogP contribution in [0.4, 0.5) is 0 Å². The molecule has 0 aliphatic carbocycles. The standard InChI is InChI=1S/C16H18N2O3S/c1-2-10-17-14(19)11-21-16(20)9-5-8-15-18-12-6-3-4-7-13(12)22-15/h2-4,6-7H,1,5,8-11H2,(H,17,19). The second-order valence-electron chi connectivity index (χ2n) is 4.68. The number of hydrogen-bond donors (Lipinski definition) is 1. The Labute approximate surface area is 133 Å². The first kappa shape index (κ1) is 16.2. The van der Waals surface area contributed by atoms with Crippen molar-refractivity contribution in [2.75, 3.05) is 13.2 Å². The molecule has 0 aliphatic rings. The Hall–Kier alpha value is -2.21. The van der Waals surface area contributed by atoms with E-state index in [1.165, 1.54) is 0 Å². The van der Waals surface area contributed by atoms with Gasteiger partial charge in [0.05, 0.1) is 15.2 Å². The highest BCUT2D eigenvalue weighted by Crippen LogP contribution is 2.22. The average molecular weight is 318 g/mol. The lowest BCUT2D eigenvalue weighted by Gasteiger charge is -2.04. The minimum Gasteiger partial charge on any atom is -0.456 e. The van der Waals surface area contributed by atoms with Gasteiger partial charge in [-0.2, -0.15) is 0 Å². The predicted molar refractivity (Wildman–Crippen MR) is 86.7 cm³/mol. The van der Waals surface area contributed by atoms with Gasteiger partial charge in [-0.15, -0.1) is 17.9 Å². The first-order valence-electron chi connectivity index (χ1n) is 7.06. The van der Waals surface area contributed by atoms with Crippen LogP contribution in [0, 0.1) is 0 Å². The van der Waals surface area contributed by atoms with Crippen LogP contribution in [0.2, 0.25) is 0 Å². The Bertz CT molecular complexity index is 633. The summed E-state index contributed by atoms with van der Waals surface area (Å²) in [6.45, 7) is 3.61. The number of fused-ring (bicyclic) bond motifs is 1. The number of carbonyl (C=O) groups is 2. The summed E-state index contributed by atoms with van der Waals surface area (Å²) in [6, 6.07) is 7.96. The molecule has 22 heavy (non-hydrogen) atoms. The zero-order valence-corrected chi connectivity index (χ0v) is 13.0. The summed E-state index contributed by atoms with van der Waals surface area (Å²) in [4.78, 5) is 27.3. The Kier molecular flexibility index (Phi) is 6.09. The molecule has 1 heterocycles. The van der Waals surface area contributed by atoms with Crippen molar-refractivity contribution in [3.63, 3.8) is 0 Å². The van der Waals surface area contributed by atoms with Crippen LogP contribution in [0.1, 0.15) is 17.8 Å². The number of thiazole rings is 1. The fraction of sp³-hybridized carbons (Fsp3) is 0.312. The minimum absolute atomic E-state index is 0.242. The van der Waals surface area contributed by atoms with Gasteiger partial charge in [0.15, 0.2) is 6.61 Å². The van der Waals surface area contributed by atoms with Crippen molar-refractivity contribution in [1.29, 1.82) is 0 Å². The summed E-state index contributed by atoms with van der Waals surface area (Å²) in [5.74, 6) is -0.686. The van der Waals surface area contributed by atoms with Gasteiger partial charge < -0.3 is 10.1 Å². The fourth-order valence-electron chi connectivity index (χ4n) is 1.87. The van der Waals surface area contributed by atoms with Crippen LogP contribution in [0.25, 0.3) is 10.2 Å². The molecule has 0 saturated carbocycles. The van der Waals surface area contributed by atoms with E-state index in [0.717, 1.165) is 21.6 Å². The van der Waals surface area contributed by atoms with Crippen molar-refractivity contribution in [2.24, 2.45) is 0 Å². The molecule has 2 rings (SSSR count). The van der Waals surface area contributed by atoms with E-state index in [1.807, 2.05) is 24.3 Å². The number of para-hydroxylation sites is 1. The summed E-state index contributed by atoms with van der Waals surface area (Å²) < 4.78 is 6.05. The SMILES string of the molecule is C=CCNC(=O)COC(=O)CCCc1nc2ccccc2s1. The van der Waals surface area contributed by atoms with Crippen molar-refractivity contribution in [3.05, 3.63) is 41.9 Å². The van der Waals surface area contributed by atoms with Gasteiger partial charge in [-0.25, -0.2) is 4.98 Å². The average Bonchev–Trinajstić information content (AvgIpc) is 2.93. The third kappa shape index (κ3) is 4.96. The number of carbonyl (C=O) groups excluding carboxylic acids is 2. The maximum absolute atomic E-state index is 11.5. The van der Waals surface area contributed by atoms with Crippen LogP contribution in [0.15, 0.2) is 36.9 Å². The topological polar surface area (TPSA) is 68.3 Å². The zero-order valence-electron chi connectivity index (χ0n) is 12.2. The highest BCUT2D eigenvalue weighted by molar-refractivity contribution is 7.18. The monoisotopic (exact) mass is 318 g/mol. The number of rotatable bonds is 8. The summed E-state index contributed by atoms with van der Waals surface area (Å²) in [5, 5.41) is 3.55. The van der Waals surface area contributed by atoms with Gasteiger partial charge in [0.1, 0.15) is 0 Å². The van der Waals surface area contributed by atoms with Gasteiger partial charge >= 0.3 is 5.97 Å². The third-order valence-electron chi connectivity index (χ3n) is 2.92. The molecule has 2 aromatic rings. The van der Waals surface area contributed by atoms with Gasteiger partial charge in [-0.05, 0) is 25.0 Å². The minimum atomic E-state index is -0.366. The molecule has 0 bridgehead atoms. The maximum atomic E-state index is 11.5. The molecule has 1 aromatic carbocycles. The van der Waals surface area contributed by atoms with Crippen LogP contribution in [-0.2, 0) is 20.7 Å². The molecule has 6 heteroatoms. The molecule has 0 fully saturated rings. The van der Waals surface area contributed by atoms with E-state index >= 15 is 0 Å². The Morgan fingerprint density at radius 1 is 1.36 bits per heavy atom. The molecule has 1 aromatic heterocycles. The van der Waals surface area contributed by atoms with E-state index in [9.17, 15) is 9.59 Å². The van der Waals surface area contributed by atoms with Gasteiger partial charge in [-0.3, -0.25) is 9.59 Å². The van der Waals surface area contributed by atoms with Crippen LogP contribution in [-0.4, -0.2) is 30.0 Å². The Morgan fingerprint density at radius 2 is 2.18 bits per heavy atom. The quantitative estimate of drug-likeness (QED) is 0.600. The van der Waals surface area contributed by atoms with Crippen molar-refractivity contribution in [1.82, 2.24) is 10.3 Å². The number of aryl methyl sites for hydroxylation is 1. The number of amides is 1. The molecule has 0 aliphatic heterocycles. The summed E-state index contributed by atoms with van der Waals surface area (Å²) in [7, 11) is 0. The number of nitrogens with one attached hydrogen (secondary N) is 1. The first-order chi connectivity index (χ1) is 10.7. The molecule has 0 radical (unpaired) electrons. The van der Waals surface area contributed by atoms with Crippen molar-refractivity contribution >= 4 is 33.4 Å². The fourth-order valence-corrected chi connectivity index (χ4v) is 2.88. The van der Waals surface area contributed by atoms with Crippen molar-refractivity contribution in [2.45, 2.75) is 19.3 Å². The summed E-state index contributed by atoms with van der Waals surface area (Å²) >= 11 is 1.64. The molecule has 0 unspecified atom stereocenters. The smallest absolute Gasteiger partial charge is 0.306 e. The molecule has 1 N–H and O–H groups in total. The molecular formula is C16H18N2O3S. The van der Waals surface area contributed by atoms with E-state index in [2.05, 4.69) is 16.9 Å². The number of hydrogen-bond acceptors (Lipinski definition) is 5.